The number of aromatic nitrogens is 2. The molecule has 0 aliphatic rings. The minimum absolute atomic E-state index is 0.0716. The average Bonchev–Trinajstić information content (AvgIpc) is 2.72. The lowest BCUT2D eigenvalue weighted by Gasteiger charge is -2.23. The van der Waals surface area contributed by atoms with Crippen molar-refractivity contribution in [2.45, 2.75) is 13.0 Å². The number of hydrogen-bond acceptors (Lipinski definition) is 4. The zero-order valence-corrected chi connectivity index (χ0v) is 17.6. The van der Waals surface area contributed by atoms with E-state index in [-0.39, 0.29) is 5.75 Å². The monoisotopic (exact) mass is 443 g/mol. The fourth-order valence-electron chi connectivity index (χ4n) is 3.21. The zero-order valence-electron chi connectivity index (χ0n) is 15.3. The van der Waals surface area contributed by atoms with Crippen LogP contribution in [0, 0.1) is 6.92 Å². The van der Waals surface area contributed by atoms with Gasteiger partial charge in [0.05, 0.1) is 21.1 Å². The predicted octanol–water partition coefficient (Wildman–Crippen LogP) is 6.81. The lowest BCUT2D eigenvalue weighted by Crippen LogP contribution is -2.14. The summed E-state index contributed by atoms with van der Waals surface area (Å²) in [6, 6.07) is 14.2. The summed E-state index contributed by atoms with van der Waals surface area (Å²) < 4.78 is 0. The van der Waals surface area contributed by atoms with Gasteiger partial charge in [-0.3, -0.25) is 4.98 Å². The second-order valence-corrected chi connectivity index (χ2v) is 7.81. The molecular weight excluding hydrogens is 429 g/mol. The summed E-state index contributed by atoms with van der Waals surface area (Å²) in [6.07, 6.45) is 3.22. The number of nitrogens with zero attached hydrogens (tertiary/aromatic N) is 2. The fraction of sp³-hybridized carbons (Fsp3) is 0.0909. The Morgan fingerprint density at radius 2 is 1.76 bits per heavy atom. The van der Waals surface area contributed by atoms with Gasteiger partial charge in [0, 0.05) is 23.3 Å². The Morgan fingerprint density at radius 3 is 2.55 bits per heavy atom. The number of phenolic OH excluding ortho intramolecular Hbond substituents is 1. The Labute approximate surface area is 183 Å². The molecule has 0 fully saturated rings. The number of rotatable bonds is 4. The van der Waals surface area contributed by atoms with E-state index in [9.17, 15) is 5.11 Å². The number of nitrogens with one attached hydrogen (secondary N) is 1. The third-order valence-corrected chi connectivity index (χ3v) is 5.95. The molecule has 1 atom stereocenters. The molecule has 4 nitrogen and oxygen atoms in total. The lowest BCUT2D eigenvalue weighted by atomic mass is 9.96. The van der Waals surface area contributed by atoms with E-state index in [2.05, 4.69) is 15.3 Å². The number of halogens is 3. The van der Waals surface area contributed by atoms with Gasteiger partial charge in [-0.15, -0.1) is 0 Å². The second kappa shape index (κ2) is 8.07. The van der Waals surface area contributed by atoms with E-state index < -0.39 is 6.04 Å². The van der Waals surface area contributed by atoms with Crippen LogP contribution in [0.2, 0.25) is 15.1 Å². The lowest BCUT2D eigenvalue weighted by molar-refractivity contribution is 0.471. The summed E-state index contributed by atoms with van der Waals surface area (Å²) in [4.78, 5) is 8.68. The Balaban J connectivity index is 1.89. The topological polar surface area (TPSA) is 58.0 Å². The quantitative estimate of drug-likeness (QED) is 0.363. The first-order valence-electron chi connectivity index (χ1n) is 8.85. The van der Waals surface area contributed by atoms with Crippen LogP contribution < -0.4 is 5.32 Å². The molecule has 29 heavy (non-hydrogen) atoms. The second-order valence-electron chi connectivity index (χ2n) is 6.62. The van der Waals surface area contributed by atoms with E-state index >= 15 is 0 Å². The van der Waals surface area contributed by atoms with Gasteiger partial charge in [-0.05, 0) is 36.2 Å². The maximum atomic E-state index is 11.0. The molecular formula is C22H16Cl3N3O. The first kappa shape index (κ1) is 19.8. The van der Waals surface area contributed by atoms with E-state index in [0.29, 0.717) is 37.5 Å². The van der Waals surface area contributed by atoms with Gasteiger partial charge >= 0.3 is 0 Å². The highest BCUT2D eigenvalue weighted by Crippen LogP contribution is 2.40. The van der Waals surface area contributed by atoms with Crippen molar-refractivity contribution < 1.29 is 5.11 Å². The molecule has 0 radical (unpaired) electrons. The van der Waals surface area contributed by atoms with Gasteiger partial charge in [-0.2, -0.15) is 0 Å². The largest absolute Gasteiger partial charge is 0.505 e. The van der Waals surface area contributed by atoms with Crippen molar-refractivity contribution in [2.75, 3.05) is 5.32 Å². The number of anilines is 1. The van der Waals surface area contributed by atoms with Gasteiger partial charge < -0.3 is 10.4 Å². The highest BCUT2D eigenvalue weighted by molar-refractivity contribution is 6.42. The maximum Gasteiger partial charge on any atom is 0.147 e. The van der Waals surface area contributed by atoms with E-state index in [1.807, 2.05) is 49.4 Å². The van der Waals surface area contributed by atoms with E-state index in [4.69, 9.17) is 34.8 Å². The first-order valence-corrected chi connectivity index (χ1v) is 9.98. The van der Waals surface area contributed by atoms with Gasteiger partial charge in [0.2, 0.25) is 0 Å². The van der Waals surface area contributed by atoms with Crippen molar-refractivity contribution in [2.24, 2.45) is 0 Å². The minimum Gasteiger partial charge on any atom is -0.505 e. The molecule has 2 N–H and O–H groups in total. The van der Waals surface area contributed by atoms with E-state index in [1.54, 1.807) is 18.5 Å². The molecule has 4 rings (SSSR count). The summed E-state index contributed by atoms with van der Waals surface area (Å²) in [6.45, 7) is 1.90. The van der Waals surface area contributed by atoms with Crippen LogP contribution in [0.3, 0.4) is 0 Å². The first-order chi connectivity index (χ1) is 14.0. The molecule has 0 aliphatic heterocycles. The third-order valence-electron chi connectivity index (χ3n) is 4.72. The molecule has 2 heterocycles. The molecule has 146 valence electrons. The normalized spacial score (nSPS) is 12.1. The molecule has 2 aromatic carbocycles. The zero-order chi connectivity index (χ0) is 20.5. The van der Waals surface area contributed by atoms with Gasteiger partial charge in [0.1, 0.15) is 17.1 Å². The smallest absolute Gasteiger partial charge is 0.147 e. The van der Waals surface area contributed by atoms with Crippen LogP contribution in [-0.2, 0) is 0 Å². The highest BCUT2D eigenvalue weighted by atomic mass is 35.5. The van der Waals surface area contributed by atoms with Gasteiger partial charge in [0.25, 0.3) is 0 Å². The number of aryl methyl sites for hydroxylation is 1. The van der Waals surface area contributed by atoms with Crippen molar-refractivity contribution in [3.63, 3.8) is 0 Å². The molecule has 0 bridgehead atoms. The predicted molar refractivity (Wildman–Crippen MR) is 119 cm³/mol. The van der Waals surface area contributed by atoms with Crippen LogP contribution in [0.4, 0.5) is 5.82 Å². The van der Waals surface area contributed by atoms with Gasteiger partial charge in [-0.1, -0.05) is 65.1 Å². The fourth-order valence-corrected chi connectivity index (χ4v) is 3.73. The van der Waals surface area contributed by atoms with Crippen LogP contribution in [0.1, 0.15) is 22.7 Å². The van der Waals surface area contributed by atoms with E-state index in [1.165, 1.54) is 0 Å². The van der Waals surface area contributed by atoms with Gasteiger partial charge in [0.15, 0.2) is 0 Å². The molecule has 0 saturated heterocycles. The Hall–Kier alpha value is -2.53. The Bertz CT molecular complexity index is 1210. The van der Waals surface area contributed by atoms with Crippen molar-refractivity contribution in [1.29, 1.82) is 0 Å². The number of fused-ring (bicyclic) bond motifs is 1. The average molecular weight is 445 g/mol. The van der Waals surface area contributed by atoms with Crippen LogP contribution in [0.25, 0.3) is 10.9 Å². The van der Waals surface area contributed by atoms with Crippen LogP contribution in [0.15, 0.2) is 60.9 Å². The van der Waals surface area contributed by atoms with Crippen LogP contribution in [0.5, 0.6) is 5.75 Å². The molecule has 1 unspecified atom stereocenters. The summed E-state index contributed by atoms with van der Waals surface area (Å²) >= 11 is 18.9. The molecule has 0 saturated carbocycles. The standard InChI is InChI=1S/C22H16Cl3N3O/c1-12-10-18(27-11-17(12)24)28-21(14-5-2-6-16(23)19(14)25)15-8-7-13-4-3-9-26-20(13)22(15)29/h2-11,21,29H,1H3,(H,27,28). The van der Waals surface area contributed by atoms with Crippen molar-refractivity contribution in [3.05, 3.63) is 92.7 Å². The summed E-state index contributed by atoms with van der Waals surface area (Å²) in [5, 5.41) is 16.6. The number of pyridine rings is 2. The minimum atomic E-state index is -0.513. The Kier molecular flexibility index (Phi) is 5.50. The SMILES string of the molecule is Cc1cc(NC(c2cccc(Cl)c2Cl)c2ccc3cccnc3c2O)ncc1Cl. The van der Waals surface area contributed by atoms with Gasteiger partial charge in [-0.25, -0.2) is 4.98 Å². The van der Waals surface area contributed by atoms with Crippen molar-refractivity contribution in [3.8, 4) is 5.75 Å². The molecule has 4 aromatic rings. The van der Waals surface area contributed by atoms with Crippen molar-refractivity contribution >= 4 is 51.5 Å². The molecule has 2 aromatic heterocycles. The summed E-state index contributed by atoms with van der Waals surface area (Å²) in [5.41, 5.74) is 2.70. The number of phenols is 1. The maximum absolute atomic E-state index is 11.0. The van der Waals surface area contributed by atoms with E-state index in [0.717, 1.165) is 10.9 Å². The summed E-state index contributed by atoms with van der Waals surface area (Å²) in [5.74, 6) is 0.663. The third kappa shape index (κ3) is 3.84. The van der Waals surface area contributed by atoms with Crippen molar-refractivity contribution in [1.82, 2.24) is 9.97 Å². The molecule has 0 amide bonds. The molecule has 0 aliphatic carbocycles. The number of aromatic hydroxyl groups is 1. The molecule has 7 heteroatoms. The highest BCUT2D eigenvalue weighted by Gasteiger charge is 2.23. The Morgan fingerprint density at radius 1 is 0.931 bits per heavy atom. The molecule has 0 spiro atoms. The number of benzene rings is 2. The van der Waals surface area contributed by atoms with Crippen LogP contribution in [-0.4, -0.2) is 15.1 Å². The van der Waals surface area contributed by atoms with Crippen LogP contribution >= 0.6 is 34.8 Å². The summed E-state index contributed by atoms with van der Waals surface area (Å²) in [7, 11) is 0. The number of hydrogen-bond donors (Lipinski definition) is 2.